The van der Waals surface area contributed by atoms with Crippen molar-refractivity contribution in [3.8, 4) is 0 Å². The third-order valence-corrected chi connectivity index (χ3v) is 5.51. The zero-order valence-corrected chi connectivity index (χ0v) is 17.5. The molecular formula is C21H34N4O2. The van der Waals surface area contributed by atoms with Crippen LogP contribution in [0.25, 0.3) is 0 Å². The number of carbonyl (C=O) groups is 2. The van der Waals surface area contributed by atoms with Crippen LogP contribution < -0.4 is 5.32 Å². The van der Waals surface area contributed by atoms with Crippen molar-refractivity contribution in [3.63, 3.8) is 0 Å². The van der Waals surface area contributed by atoms with Crippen LogP contribution in [0.4, 0.5) is 0 Å². The quantitative estimate of drug-likeness (QED) is 0.880. The van der Waals surface area contributed by atoms with Gasteiger partial charge in [-0.05, 0) is 18.8 Å². The van der Waals surface area contributed by atoms with Crippen molar-refractivity contribution in [2.24, 2.45) is 11.3 Å². The molecule has 2 aliphatic rings. The highest BCUT2D eigenvalue weighted by molar-refractivity contribution is 5.94. The van der Waals surface area contributed by atoms with Crippen molar-refractivity contribution in [1.29, 1.82) is 0 Å². The van der Waals surface area contributed by atoms with Crippen LogP contribution in [0, 0.1) is 11.3 Å². The summed E-state index contributed by atoms with van der Waals surface area (Å²) < 4.78 is 2.00. The number of nitrogens with zero attached hydrogens (tertiary/aromatic N) is 3. The van der Waals surface area contributed by atoms with E-state index in [2.05, 4.69) is 19.2 Å². The molecule has 1 aromatic rings. The molecular weight excluding hydrogens is 340 g/mol. The molecule has 1 N–H and O–H groups in total. The van der Waals surface area contributed by atoms with Crippen LogP contribution in [0.3, 0.4) is 0 Å². The SMILES string of the molecule is CC(C)Cn1nc(C(=O)NC2CCCC2)c2c1CCN(C(=O)C(C)(C)C)C2. The van der Waals surface area contributed by atoms with E-state index in [1.165, 1.54) is 12.8 Å². The average molecular weight is 375 g/mol. The smallest absolute Gasteiger partial charge is 0.272 e. The Labute approximate surface area is 162 Å². The molecule has 3 rings (SSSR count). The van der Waals surface area contributed by atoms with Crippen LogP contribution in [0.2, 0.25) is 0 Å². The van der Waals surface area contributed by atoms with E-state index in [4.69, 9.17) is 5.10 Å². The molecule has 6 heteroatoms. The van der Waals surface area contributed by atoms with Gasteiger partial charge in [0.15, 0.2) is 5.69 Å². The maximum absolute atomic E-state index is 13.0. The minimum atomic E-state index is -0.419. The van der Waals surface area contributed by atoms with Crippen LogP contribution in [0.1, 0.15) is 82.0 Å². The molecule has 1 aromatic heterocycles. The number of nitrogens with one attached hydrogen (secondary N) is 1. The topological polar surface area (TPSA) is 67.2 Å². The summed E-state index contributed by atoms with van der Waals surface area (Å²) in [4.78, 5) is 27.6. The molecule has 0 atom stereocenters. The summed E-state index contributed by atoms with van der Waals surface area (Å²) >= 11 is 0. The highest BCUT2D eigenvalue weighted by Crippen LogP contribution is 2.28. The Morgan fingerprint density at radius 1 is 1.22 bits per heavy atom. The lowest BCUT2D eigenvalue weighted by Crippen LogP contribution is -2.43. The van der Waals surface area contributed by atoms with Gasteiger partial charge in [-0.25, -0.2) is 0 Å². The molecule has 0 unspecified atom stereocenters. The first-order chi connectivity index (χ1) is 12.7. The summed E-state index contributed by atoms with van der Waals surface area (Å²) in [5, 5.41) is 7.86. The molecule has 2 amide bonds. The summed E-state index contributed by atoms with van der Waals surface area (Å²) in [6.07, 6.45) is 5.22. The zero-order valence-electron chi connectivity index (χ0n) is 17.5. The monoisotopic (exact) mass is 374 g/mol. The Morgan fingerprint density at radius 2 is 1.89 bits per heavy atom. The van der Waals surface area contributed by atoms with E-state index in [0.29, 0.717) is 24.7 Å². The van der Waals surface area contributed by atoms with E-state index in [-0.39, 0.29) is 17.9 Å². The normalized spacial score (nSPS) is 18.1. The van der Waals surface area contributed by atoms with Crippen LogP contribution in [-0.4, -0.2) is 39.1 Å². The number of aromatic nitrogens is 2. The number of carbonyl (C=O) groups excluding carboxylic acids is 2. The van der Waals surface area contributed by atoms with Gasteiger partial charge >= 0.3 is 0 Å². The van der Waals surface area contributed by atoms with Crippen LogP contribution >= 0.6 is 0 Å². The predicted molar refractivity (Wildman–Crippen MR) is 105 cm³/mol. The largest absolute Gasteiger partial charge is 0.348 e. The molecule has 0 spiro atoms. The van der Waals surface area contributed by atoms with Crippen molar-refractivity contribution in [2.75, 3.05) is 6.54 Å². The average Bonchev–Trinajstić information content (AvgIpc) is 3.20. The Bertz CT molecular complexity index is 708. The molecule has 1 fully saturated rings. The van der Waals surface area contributed by atoms with E-state index in [9.17, 15) is 9.59 Å². The number of rotatable bonds is 4. The van der Waals surface area contributed by atoms with Gasteiger partial charge in [0, 0.05) is 48.8 Å². The predicted octanol–water partition coefficient (Wildman–Crippen LogP) is 3.14. The molecule has 0 radical (unpaired) electrons. The third kappa shape index (κ3) is 4.36. The lowest BCUT2D eigenvalue weighted by Gasteiger charge is -2.33. The number of fused-ring (bicyclic) bond motifs is 1. The Balaban J connectivity index is 1.88. The number of hydrogen-bond acceptors (Lipinski definition) is 3. The first kappa shape index (κ1) is 19.9. The molecule has 1 aliphatic heterocycles. The Hall–Kier alpha value is -1.85. The van der Waals surface area contributed by atoms with Crippen molar-refractivity contribution < 1.29 is 9.59 Å². The third-order valence-electron chi connectivity index (χ3n) is 5.51. The summed E-state index contributed by atoms with van der Waals surface area (Å²) in [7, 11) is 0. The molecule has 6 nitrogen and oxygen atoms in total. The van der Waals surface area contributed by atoms with E-state index in [0.717, 1.165) is 37.1 Å². The fourth-order valence-electron chi connectivity index (χ4n) is 4.14. The summed E-state index contributed by atoms with van der Waals surface area (Å²) in [6.45, 7) is 12.1. The summed E-state index contributed by atoms with van der Waals surface area (Å²) in [6, 6.07) is 0.263. The van der Waals surface area contributed by atoms with Crippen LogP contribution in [0.15, 0.2) is 0 Å². The molecule has 27 heavy (non-hydrogen) atoms. The zero-order chi connectivity index (χ0) is 19.8. The highest BCUT2D eigenvalue weighted by atomic mass is 16.2. The van der Waals surface area contributed by atoms with Crippen molar-refractivity contribution >= 4 is 11.8 Å². The number of hydrogen-bond donors (Lipinski definition) is 1. The lowest BCUT2D eigenvalue weighted by molar-refractivity contribution is -0.140. The molecule has 1 saturated carbocycles. The molecule has 150 valence electrons. The van der Waals surface area contributed by atoms with Gasteiger partial charge in [-0.15, -0.1) is 0 Å². The molecule has 0 saturated heterocycles. The second kappa shape index (κ2) is 7.64. The minimum Gasteiger partial charge on any atom is -0.348 e. The number of amides is 2. The van der Waals surface area contributed by atoms with Crippen molar-refractivity contribution in [1.82, 2.24) is 20.0 Å². The van der Waals surface area contributed by atoms with E-state index < -0.39 is 5.41 Å². The maximum atomic E-state index is 13.0. The minimum absolute atomic E-state index is 0.0780. The first-order valence-electron chi connectivity index (χ1n) is 10.4. The Kier molecular flexibility index (Phi) is 5.63. The molecule has 1 aliphatic carbocycles. The van der Waals surface area contributed by atoms with Gasteiger partial charge in [0.1, 0.15) is 0 Å². The lowest BCUT2D eigenvalue weighted by atomic mass is 9.93. The first-order valence-corrected chi connectivity index (χ1v) is 10.4. The molecule has 2 heterocycles. The van der Waals surface area contributed by atoms with Crippen molar-refractivity contribution in [2.45, 2.75) is 85.9 Å². The van der Waals surface area contributed by atoms with Gasteiger partial charge in [0.05, 0.1) is 0 Å². The maximum Gasteiger partial charge on any atom is 0.272 e. The van der Waals surface area contributed by atoms with Gasteiger partial charge in [-0.3, -0.25) is 14.3 Å². The Morgan fingerprint density at radius 3 is 2.48 bits per heavy atom. The van der Waals surface area contributed by atoms with Gasteiger partial charge in [0.25, 0.3) is 5.91 Å². The fraction of sp³-hybridized carbons (Fsp3) is 0.762. The fourth-order valence-corrected chi connectivity index (χ4v) is 4.14. The van der Waals surface area contributed by atoms with Gasteiger partial charge in [-0.2, -0.15) is 5.10 Å². The summed E-state index contributed by atoms with van der Waals surface area (Å²) in [5.41, 5.74) is 2.16. The van der Waals surface area contributed by atoms with Gasteiger partial charge in [0.2, 0.25) is 5.91 Å². The van der Waals surface area contributed by atoms with Crippen LogP contribution in [0.5, 0.6) is 0 Å². The van der Waals surface area contributed by atoms with E-state index in [1.54, 1.807) is 0 Å². The second-order valence-corrected chi connectivity index (χ2v) is 9.53. The second-order valence-electron chi connectivity index (χ2n) is 9.53. The molecule has 0 bridgehead atoms. The van der Waals surface area contributed by atoms with Crippen LogP contribution in [-0.2, 0) is 24.3 Å². The van der Waals surface area contributed by atoms with Gasteiger partial charge < -0.3 is 10.2 Å². The highest BCUT2D eigenvalue weighted by Gasteiger charge is 2.34. The molecule has 0 aromatic carbocycles. The summed E-state index contributed by atoms with van der Waals surface area (Å²) in [5.74, 6) is 0.506. The van der Waals surface area contributed by atoms with Crippen molar-refractivity contribution in [3.05, 3.63) is 17.0 Å². The van der Waals surface area contributed by atoms with E-state index in [1.807, 2.05) is 30.4 Å². The van der Waals surface area contributed by atoms with E-state index >= 15 is 0 Å². The standard InChI is InChI=1S/C21H34N4O2/c1-14(2)12-25-17-10-11-24(20(27)21(3,4)5)13-16(17)18(23-25)19(26)22-15-8-6-7-9-15/h14-15H,6-13H2,1-5H3,(H,22,26). The van der Waals surface area contributed by atoms with Gasteiger partial charge in [-0.1, -0.05) is 47.5 Å².